The Labute approximate surface area is 188 Å². The van der Waals surface area contributed by atoms with Crippen molar-refractivity contribution in [2.24, 2.45) is 0 Å². The molecule has 1 amide bonds. The van der Waals surface area contributed by atoms with Gasteiger partial charge in [0.05, 0.1) is 11.6 Å². The molecule has 2 aromatic rings. The number of alkyl carbamates (subject to hydrolysis) is 1. The van der Waals surface area contributed by atoms with E-state index in [2.05, 4.69) is 10.3 Å². The number of hydrogen-bond donors (Lipinski definition) is 1. The summed E-state index contributed by atoms with van der Waals surface area (Å²) in [4.78, 5) is 38.1. The van der Waals surface area contributed by atoms with Crippen molar-refractivity contribution < 1.29 is 58.5 Å². The zero-order valence-corrected chi connectivity index (χ0v) is 17.8. The van der Waals surface area contributed by atoms with Crippen molar-refractivity contribution in [3.05, 3.63) is 64.9 Å². The van der Waals surface area contributed by atoms with Crippen molar-refractivity contribution >= 4 is 29.6 Å². The minimum Gasteiger partial charge on any atom is -0.550 e. The smallest absolute Gasteiger partial charge is 0.550 e. The maximum absolute atomic E-state index is 11.9. The SMILES string of the molecule is O=C([O-])CCC(NC(=O)OCOC(=O)c1cccnc1)c1ccc(Cl)cc1.[Na+]. The molecular formula is C18H16ClN2NaO6. The minimum absolute atomic E-state index is 0. The summed E-state index contributed by atoms with van der Waals surface area (Å²) < 4.78 is 9.63. The molecule has 0 aliphatic carbocycles. The summed E-state index contributed by atoms with van der Waals surface area (Å²) in [6, 6.07) is 8.98. The molecule has 0 spiro atoms. The number of carbonyl (C=O) groups is 3. The van der Waals surface area contributed by atoms with Gasteiger partial charge in [-0.25, -0.2) is 9.59 Å². The van der Waals surface area contributed by atoms with E-state index < -0.39 is 30.9 Å². The zero-order chi connectivity index (χ0) is 19.6. The van der Waals surface area contributed by atoms with E-state index in [1.807, 2.05) is 0 Å². The van der Waals surface area contributed by atoms with Gasteiger partial charge in [0.1, 0.15) is 0 Å². The van der Waals surface area contributed by atoms with Gasteiger partial charge in [0.25, 0.3) is 0 Å². The Morgan fingerprint density at radius 3 is 2.46 bits per heavy atom. The third-order valence-corrected chi connectivity index (χ3v) is 3.73. The van der Waals surface area contributed by atoms with Crippen LogP contribution in [0.1, 0.15) is 34.8 Å². The molecule has 1 heterocycles. The number of amides is 1. The van der Waals surface area contributed by atoms with Crippen molar-refractivity contribution in [3.8, 4) is 0 Å². The summed E-state index contributed by atoms with van der Waals surface area (Å²) >= 11 is 5.83. The van der Waals surface area contributed by atoms with Crippen molar-refractivity contribution in [3.63, 3.8) is 0 Å². The van der Waals surface area contributed by atoms with Crippen LogP contribution in [0.5, 0.6) is 0 Å². The maximum Gasteiger partial charge on any atom is 1.00 e. The molecule has 0 aliphatic rings. The fraction of sp³-hybridized carbons (Fsp3) is 0.222. The molecule has 1 unspecified atom stereocenters. The van der Waals surface area contributed by atoms with Crippen LogP contribution in [0.4, 0.5) is 4.79 Å². The number of carboxylic acids is 1. The van der Waals surface area contributed by atoms with Crippen LogP contribution < -0.4 is 40.0 Å². The summed E-state index contributed by atoms with van der Waals surface area (Å²) in [5.74, 6) is -1.93. The summed E-state index contributed by atoms with van der Waals surface area (Å²) in [6.07, 6.45) is 1.79. The molecule has 0 saturated heterocycles. The number of benzene rings is 1. The molecule has 2 rings (SSSR count). The van der Waals surface area contributed by atoms with Crippen LogP contribution in [0.2, 0.25) is 5.02 Å². The van der Waals surface area contributed by atoms with Gasteiger partial charge in [-0.3, -0.25) is 4.98 Å². The van der Waals surface area contributed by atoms with Crippen LogP contribution in [-0.2, 0) is 14.3 Å². The Kier molecular flexibility index (Phi) is 10.5. The number of hydrogen-bond acceptors (Lipinski definition) is 7. The second-order valence-corrected chi connectivity index (χ2v) is 5.82. The van der Waals surface area contributed by atoms with Crippen molar-refractivity contribution in [2.45, 2.75) is 18.9 Å². The molecule has 0 bridgehead atoms. The molecule has 1 aromatic carbocycles. The number of carbonyl (C=O) groups excluding carboxylic acids is 3. The average Bonchev–Trinajstić information content (AvgIpc) is 2.66. The first-order chi connectivity index (χ1) is 13.0. The molecule has 1 N–H and O–H groups in total. The van der Waals surface area contributed by atoms with Crippen LogP contribution in [-0.4, -0.2) is 29.8 Å². The van der Waals surface area contributed by atoms with Crippen molar-refractivity contribution in [1.82, 2.24) is 10.3 Å². The monoisotopic (exact) mass is 414 g/mol. The van der Waals surface area contributed by atoms with Crippen LogP contribution in [0.3, 0.4) is 0 Å². The topological polar surface area (TPSA) is 118 Å². The van der Waals surface area contributed by atoms with Gasteiger partial charge in [0, 0.05) is 23.4 Å². The third-order valence-electron chi connectivity index (χ3n) is 3.48. The van der Waals surface area contributed by atoms with E-state index in [9.17, 15) is 19.5 Å². The molecule has 10 heteroatoms. The van der Waals surface area contributed by atoms with E-state index in [1.54, 1.807) is 30.3 Å². The number of nitrogens with one attached hydrogen (secondary N) is 1. The molecule has 142 valence electrons. The number of ether oxygens (including phenoxy) is 2. The Morgan fingerprint density at radius 1 is 1.14 bits per heavy atom. The molecule has 8 nitrogen and oxygen atoms in total. The zero-order valence-electron chi connectivity index (χ0n) is 15.1. The van der Waals surface area contributed by atoms with Gasteiger partial charge in [-0.2, -0.15) is 0 Å². The number of pyridine rings is 1. The molecular weight excluding hydrogens is 399 g/mol. The fourth-order valence-corrected chi connectivity index (χ4v) is 2.29. The van der Waals surface area contributed by atoms with Gasteiger partial charge in [0.15, 0.2) is 0 Å². The van der Waals surface area contributed by atoms with E-state index >= 15 is 0 Å². The van der Waals surface area contributed by atoms with Gasteiger partial charge in [-0.1, -0.05) is 23.7 Å². The second kappa shape index (κ2) is 12.4. The van der Waals surface area contributed by atoms with E-state index in [0.717, 1.165) is 0 Å². The number of aromatic nitrogens is 1. The van der Waals surface area contributed by atoms with Crippen molar-refractivity contribution in [2.75, 3.05) is 6.79 Å². The first-order valence-electron chi connectivity index (χ1n) is 7.91. The van der Waals surface area contributed by atoms with Gasteiger partial charge >= 0.3 is 41.6 Å². The van der Waals surface area contributed by atoms with E-state index in [1.165, 1.54) is 18.5 Å². The summed E-state index contributed by atoms with van der Waals surface area (Å²) in [7, 11) is 0. The predicted octanol–water partition coefficient (Wildman–Crippen LogP) is -1.15. The summed E-state index contributed by atoms with van der Waals surface area (Å²) in [5.41, 5.74) is 0.861. The van der Waals surface area contributed by atoms with Crippen LogP contribution >= 0.6 is 11.6 Å². The Balaban J connectivity index is 0.00000392. The number of carboxylic acid groups (broad SMARTS) is 1. The Bertz CT molecular complexity index is 788. The minimum atomic E-state index is -1.24. The maximum atomic E-state index is 11.9. The number of halogens is 1. The summed E-state index contributed by atoms with van der Waals surface area (Å²) in [6.45, 7) is -0.604. The first kappa shape index (κ1) is 23.9. The Morgan fingerprint density at radius 2 is 1.86 bits per heavy atom. The van der Waals surface area contributed by atoms with Gasteiger partial charge in [-0.05, 0) is 42.7 Å². The molecule has 28 heavy (non-hydrogen) atoms. The van der Waals surface area contributed by atoms with Crippen LogP contribution in [0, 0.1) is 0 Å². The Hall–Kier alpha value is -2.13. The third kappa shape index (κ3) is 8.26. The van der Waals surface area contributed by atoms with Gasteiger partial charge < -0.3 is 24.7 Å². The molecule has 0 saturated carbocycles. The van der Waals surface area contributed by atoms with Gasteiger partial charge in [-0.15, -0.1) is 0 Å². The molecule has 1 atom stereocenters. The number of rotatable bonds is 8. The largest absolute Gasteiger partial charge is 1.00 e. The van der Waals surface area contributed by atoms with Crippen LogP contribution in [0.15, 0.2) is 48.8 Å². The quantitative estimate of drug-likeness (QED) is 0.329. The number of nitrogens with zero attached hydrogens (tertiary/aromatic N) is 1. The van der Waals surface area contributed by atoms with Crippen molar-refractivity contribution in [1.29, 1.82) is 0 Å². The standard InChI is InChI=1S/C18H17ClN2O6.Na/c19-14-5-3-12(4-6-14)15(7-8-16(22)23)21-18(25)27-11-26-17(24)13-2-1-9-20-10-13;/h1-6,9-10,15H,7-8,11H2,(H,21,25)(H,22,23);/q;+1/p-1. The predicted molar refractivity (Wildman–Crippen MR) is 92.6 cm³/mol. The molecule has 0 fully saturated rings. The normalized spacial score (nSPS) is 10.9. The molecule has 1 aromatic heterocycles. The second-order valence-electron chi connectivity index (χ2n) is 5.38. The van der Waals surface area contributed by atoms with E-state index in [0.29, 0.717) is 10.6 Å². The fourth-order valence-electron chi connectivity index (χ4n) is 2.17. The number of esters is 1. The van der Waals surface area contributed by atoms with E-state index in [4.69, 9.17) is 21.1 Å². The molecule has 0 radical (unpaired) electrons. The van der Waals surface area contributed by atoms with Gasteiger partial charge in [0.2, 0.25) is 6.79 Å². The molecule has 0 aliphatic heterocycles. The first-order valence-corrected chi connectivity index (χ1v) is 8.29. The van der Waals surface area contributed by atoms with E-state index in [-0.39, 0.29) is 48.0 Å². The van der Waals surface area contributed by atoms with Crippen LogP contribution in [0.25, 0.3) is 0 Å². The summed E-state index contributed by atoms with van der Waals surface area (Å²) in [5, 5.41) is 13.7. The number of aliphatic carboxylic acids is 1. The average molecular weight is 415 g/mol.